The molecule has 2 N–H and O–H groups in total. The van der Waals surface area contributed by atoms with Crippen molar-refractivity contribution in [3.05, 3.63) is 58.9 Å². The minimum absolute atomic E-state index is 0.290. The maximum Gasteiger partial charge on any atom is 0.246 e. The normalized spacial score (nSPS) is 27.0. The number of carbonyl (C=O) groups is 1. The Labute approximate surface area is 124 Å². The lowest BCUT2D eigenvalue weighted by atomic mass is 9.95. The monoisotopic (exact) mass is 281 g/mol. The first kappa shape index (κ1) is 12.7. The molecule has 4 heteroatoms. The van der Waals surface area contributed by atoms with Crippen molar-refractivity contribution in [2.45, 2.75) is 18.9 Å². The van der Waals surface area contributed by atoms with E-state index in [1.165, 1.54) is 16.8 Å². The van der Waals surface area contributed by atoms with E-state index < -0.39 is 0 Å². The predicted molar refractivity (Wildman–Crippen MR) is 81.1 cm³/mol. The van der Waals surface area contributed by atoms with E-state index in [-0.39, 0.29) is 5.91 Å². The Hall–Kier alpha value is -2.07. The van der Waals surface area contributed by atoms with Gasteiger partial charge in [0.1, 0.15) is 0 Å². The standard InChI is InChI=1S/C17H19N3O/c18-17(21)13-5-6-14-10-19-8-7-12-3-1-2-4-15(12)16(11-19)20(14)9-13/h1-4,6,9,16H,5,7-8,10-11H2,(H2,18,21). The second kappa shape index (κ2) is 4.74. The zero-order valence-corrected chi connectivity index (χ0v) is 12.0. The van der Waals surface area contributed by atoms with Gasteiger partial charge in [-0.2, -0.15) is 0 Å². The van der Waals surface area contributed by atoms with Crippen LogP contribution in [0.2, 0.25) is 0 Å². The van der Waals surface area contributed by atoms with E-state index >= 15 is 0 Å². The molecule has 3 aliphatic heterocycles. The first-order chi connectivity index (χ1) is 10.2. The molecule has 1 fully saturated rings. The van der Waals surface area contributed by atoms with Gasteiger partial charge in [0.15, 0.2) is 0 Å². The van der Waals surface area contributed by atoms with Crippen LogP contribution in [0.5, 0.6) is 0 Å². The highest BCUT2D eigenvalue weighted by Gasteiger charge is 2.34. The lowest BCUT2D eigenvalue weighted by Gasteiger charge is -2.43. The Balaban J connectivity index is 1.79. The summed E-state index contributed by atoms with van der Waals surface area (Å²) >= 11 is 0. The molecule has 1 aromatic carbocycles. The third-order valence-electron chi connectivity index (χ3n) is 4.76. The van der Waals surface area contributed by atoms with E-state index in [4.69, 9.17) is 5.73 Å². The van der Waals surface area contributed by atoms with Gasteiger partial charge in [0, 0.05) is 37.1 Å². The van der Waals surface area contributed by atoms with Crippen molar-refractivity contribution in [1.82, 2.24) is 9.80 Å². The molecule has 2 unspecified atom stereocenters. The van der Waals surface area contributed by atoms with Crippen molar-refractivity contribution < 1.29 is 4.79 Å². The Bertz CT molecular complexity index is 662. The Morgan fingerprint density at radius 3 is 3.00 bits per heavy atom. The van der Waals surface area contributed by atoms with Crippen molar-refractivity contribution in [3.63, 3.8) is 0 Å². The van der Waals surface area contributed by atoms with Crippen LogP contribution in [-0.2, 0) is 11.2 Å². The van der Waals surface area contributed by atoms with Crippen LogP contribution in [0.1, 0.15) is 23.6 Å². The zero-order chi connectivity index (χ0) is 14.4. The number of nitrogens with zero attached hydrogens (tertiary/aromatic N) is 2. The number of hydrogen-bond acceptors (Lipinski definition) is 3. The summed E-state index contributed by atoms with van der Waals surface area (Å²) in [6.07, 6.45) is 5.89. The van der Waals surface area contributed by atoms with Gasteiger partial charge < -0.3 is 10.6 Å². The lowest BCUT2D eigenvalue weighted by Crippen LogP contribution is -2.45. The van der Waals surface area contributed by atoms with Crippen molar-refractivity contribution in [2.24, 2.45) is 5.73 Å². The lowest BCUT2D eigenvalue weighted by molar-refractivity contribution is -0.114. The molecule has 0 aliphatic carbocycles. The molecular weight excluding hydrogens is 262 g/mol. The topological polar surface area (TPSA) is 49.6 Å². The average molecular weight is 281 g/mol. The predicted octanol–water partition coefficient (Wildman–Crippen LogP) is 1.56. The minimum atomic E-state index is -0.311. The molecule has 4 rings (SSSR count). The molecule has 0 aromatic heterocycles. The second-order valence-corrected chi connectivity index (χ2v) is 6.03. The zero-order valence-electron chi connectivity index (χ0n) is 12.0. The molecule has 0 radical (unpaired) electrons. The summed E-state index contributed by atoms with van der Waals surface area (Å²) in [5.41, 5.74) is 10.3. The molecule has 0 saturated carbocycles. The smallest absolute Gasteiger partial charge is 0.246 e. The Morgan fingerprint density at radius 2 is 2.14 bits per heavy atom. The summed E-state index contributed by atoms with van der Waals surface area (Å²) in [5.74, 6) is -0.311. The first-order valence-corrected chi connectivity index (χ1v) is 7.50. The van der Waals surface area contributed by atoms with Crippen LogP contribution in [0.15, 0.2) is 47.8 Å². The molecule has 0 spiro atoms. The van der Waals surface area contributed by atoms with E-state index in [1.807, 2.05) is 6.20 Å². The third-order valence-corrected chi connectivity index (χ3v) is 4.76. The fourth-order valence-corrected chi connectivity index (χ4v) is 3.65. The van der Waals surface area contributed by atoms with Crippen molar-refractivity contribution in [1.29, 1.82) is 0 Å². The van der Waals surface area contributed by atoms with Gasteiger partial charge in [-0.25, -0.2) is 0 Å². The van der Waals surface area contributed by atoms with Gasteiger partial charge in [0.25, 0.3) is 0 Å². The summed E-state index contributed by atoms with van der Waals surface area (Å²) in [4.78, 5) is 16.3. The summed E-state index contributed by atoms with van der Waals surface area (Å²) < 4.78 is 0. The summed E-state index contributed by atoms with van der Waals surface area (Å²) in [6.45, 7) is 3.08. The maximum atomic E-state index is 11.5. The van der Waals surface area contributed by atoms with E-state index in [0.29, 0.717) is 18.0 Å². The highest BCUT2D eigenvalue weighted by molar-refractivity contribution is 5.92. The maximum absolute atomic E-state index is 11.5. The largest absolute Gasteiger partial charge is 0.366 e. The molecule has 21 heavy (non-hydrogen) atoms. The van der Waals surface area contributed by atoms with Crippen LogP contribution < -0.4 is 5.73 Å². The van der Waals surface area contributed by atoms with Crippen LogP contribution in [-0.4, -0.2) is 35.3 Å². The summed E-state index contributed by atoms with van der Waals surface area (Å²) in [5, 5.41) is 0. The number of fused-ring (bicyclic) bond motifs is 6. The van der Waals surface area contributed by atoms with Crippen LogP contribution in [0.3, 0.4) is 0 Å². The minimum Gasteiger partial charge on any atom is -0.366 e. The van der Waals surface area contributed by atoms with Crippen LogP contribution in [0, 0.1) is 0 Å². The quantitative estimate of drug-likeness (QED) is 0.850. The molecule has 3 heterocycles. The molecule has 2 bridgehead atoms. The molecule has 3 aliphatic rings. The Kier molecular flexibility index (Phi) is 2.86. The first-order valence-electron chi connectivity index (χ1n) is 7.50. The Morgan fingerprint density at radius 1 is 1.29 bits per heavy atom. The summed E-state index contributed by atoms with van der Waals surface area (Å²) in [6, 6.07) is 8.96. The number of rotatable bonds is 1. The fourth-order valence-electron chi connectivity index (χ4n) is 3.65. The van der Waals surface area contributed by atoms with Gasteiger partial charge in [-0.3, -0.25) is 9.69 Å². The highest BCUT2D eigenvalue weighted by Crippen LogP contribution is 2.37. The van der Waals surface area contributed by atoms with Crippen molar-refractivity contribution in [3.8, 4) is 0 Å². The van der Waals surface area contributed by atoms with Gasteiger partial charge in [-0.05, 0) is 24.0 Å². The molecule has 4 nitrogen and oxygen atoms in total. The highest BCUT2D eigenvalue weighted by atomic mass is 16.1. The average Bonchev–Trinajstić information content (AvgIpc) is 2.65. The molecule has 1 amide bonds. The molecule has 2 atom stereocenters. The van der Waals surface area contributed by atoms with Gasteiger partial charge in [0.2, 0.25) is 5.91 Å². The van der Waals surface area contributed by atoms with Crippen molar-refractivity contribution in [2.75, 3.05) is 19.6 Å². The number of hydrogen-bond donors (Lipinski definition) is 1. The number of primary amides is 1. The van der Waals surface area contributed by atoms with Crippen LogP contribution in [0.25, 0.3) is 0 Å². The van der Waals surface area contributed by atoms with E-state index in [0.717, 1.165) is 26.1 Å². The molecule has 1 aromatic rings. The van der Waals surface area contributed by atoms with Crippen LogP contribution >= 0.6 is 0 Å². The van der Waals surface area contributed by atoms with Crippen molar-refractivity contribution >= 4 is 5.91 Å². The second-order valence-electron chi connectivity index (χ2n) is 6.03. The molecule has 108 valence electrons. The number of piperazine rings is 1. The molecule has 1 saturated heterocycles. The van der Waals surface area contributed by atoms with E-state index in [2.05, 4.69) is 40.1 Å². The van der Waals surface area contributed by atoms with E-state index in [9.17, 15) is 4.79 Å². The van der Waals surface area contributed by atoms with E-state index in [1.54, 1.807) is 0 Å². The van der Waals surface area contributed by atoms with Gasteiger partial charge in [-0.15, -0.1) is 0 Å². The van der Waals surface area contributed by atoms with Gasteiger partial charge in [-0.1, -0.05) is 30.3 Å². The number of benzene rings is 1. The van der Waals surface area contributed by atoms with Crippen LogP contribution in [0.4, 0.5) is 0 Å². The number of nitrogens with two attached hydrogens (primary N) is 1. The van der Waals surface area contributed by atoms with Gasteiger partial charge in [0.05, 0.1) is 6.04 Å². The number of amides is 1. The summed E-state index contributed by atoms with van der Waals surface area (Å²) in [7, 11) is 0. The fraction of sp³-hybridized carbons (Fsp3) is 0.353. The SMILES string of the molecule is NC(=O)C1=CN2C(=CC1)CN1CCc3ccccc3C2C1. The number of carbonyl (C=O) groups excluding carboxylic acids is 1. The number of allylic oxidation sites excluding steroid dienone is 1. The molecular formula is C17H19N3O. The third kappa shape index (κ3) is 2.07. The van der Waals surface area contributed by atoms with Gasteiger partial charge >= 0.3 is 0 Å².